The van der Waals surface area contributed by atoms with Gasteiger partial charge in [0.2, 0.25) is 5.91 Å². The van der Waals surface area contributed by atoms with Crippen molar-refractivity contribution < 1.29 is 19.1 Å². The van der Waals surface area contributed by atoms with Crippen LogP contribution in [-0.2, 0) is 4.79 Å². The largest absolute Gasteiger partial charge is 0.493 e. The van der Waals surface area contributed by atoms with E-state index in [0.29, 0.717) is 22.6 Å². The van der Waals surface area contributed by atoms with E-state index in [4.69, 9.17) is 9.47 Å². The van der Waals surface area contributed by atoms with Crippen molar-refractivity contribution in [2.45, 2.75) is 50.1 Å². The number of thiophene rings is 1. The summed E-state index contributed by atoms with van der Waals surface area (Å²) in [6.07, 6.45) is 5.53. The SMILES string of the molecule is COc1cc2c(cc1OC)[C@@H](C(=O)NC1CCCCC1)[C@@H](c1cccs1)N(C)C2=O. The summed E-state index contributed by atoms with van der Waals surface area (Å²) in [5, 5.41) is 5.26. The third-order valence-corrected chi connectivity index (χ3v) is 7.19. The van der Waals surface area contributed by atoms with Crippen LogP contribution in [0.15, 0.2) is 29.6 Å². The zero-order chi connectivity index (χ0) is 21.3. The minimum Gasteiger partial charge on any atom is -0.493 e. The first-order valence-corrected chi connectivity index (χ1v) is 11.3. The number of ether oxygens (including phenoxy) is 2. The van der Waals surface area contributed by atoms with Gasteiger partial charge in [0.15, 0.2) is 11.5 Å². The van der Waals surface area contributed by atoms with E-state index in [2.05, 4.69) is 5.32 Å². The van der Waals surface area contributed by atoms with E-state index in [-0.39, 0.29) is 23.9 Å². The Labute approximate surface area is 181 Å². The van der Waals surface area contributed by atoms with Gasteiger partial charge in [0.1, 0.15) is 0 Å². The molecule has 6 nitrogen and oxygen atoms in total. The number of likely N-dealkylation sites (N-methyl/N-ethyl adjacent to an activating group) is 1. The normalized spacial score (nSPS) is 21.8. The molecule has 4 rings (SSSR count). The molecule has 2 aromatic rings. The topological polar surface area (TPSA) is 67.9 Å². The van der Waals surface area contributed by atoms with Gasteiger partial charge in [-0.05, 0) is 42.0 Å². The van der Waals surface area contributed by atoms with Crippen LogP contribution in [0.4, 0.5) is 0 Å². The van der Waals surface area contributed by atoms with Gasteiger partial charge in [0.25, 0.3) is 5.91 Å². The highest BCUT2D eigenvalue weighted by molar-refractivity contribution is 7.10. The van der Waals surface area contributed by atoms with Crippen LogP contribution >= 0.6 is 11.3 Å². The quantitative estimate of drug-likeness (QED) is 0.778. The molecule has 1 aromatic heterocycles. The molecule has 2 heterocycles. The highest BCUT2D eigenvalue weighted by Crippen LogP contribution is 2.46. The Balaban J connectivity index is 1.80. The van der Waals surface area contributed by atoms with E-state index in [0.717, 1.165) is 30.6 Å². The van der Waals surface area contributed by atoms with Gasteiger partial charge in [0, 0.05) is 23.5 Å². The molecule has 2 amide bonds. The summed E-state index contributed by atoms with van der Waals surface area (Å²) < 4.78 is 10.9. The third kappa shape index (κ3) is 3.67. The fourth-order valence-electron chi connectivity index (χ4n) is 4.68. The van der Waals surface area contributed by atoms with Crippen molar-refractivity contribution in [2.24, 2.45) is 0 Å². The predicted octanol–water partition coefficient (Wildman–Crippen LogP) is 4.12. The summed E-state index contributed by atoms with van der Waals surface area (Å²) in [7, 11) is 4.88. The van der Waals surface area contributed by atoms with E-state index >= 15 is 0 Å². The lowest BCUT2D eigenvalue weighted by Gasteiger charge is -2.40. The fraction of sp³-hybridized carbons (Fsp3) is 0.478. The van der Waals surface area contributed by atoms with E-state index in [9.17, 15) is 9.59 Å². The molecule has 1 aliphatic heterocycles. The third-order valence-electron chi connectivity index (χ3n) is 6.24. The van der Waals surface area contributed by atoms with Crippen LogP contribution < -0.4 is 14.8 Å². The first kappa shape index (κ1) is 20.7. The lowest BCUT2D eigenvalue weighted by Crippen LogP contribution is -2.47. The van der Waals surface area contributed by atoms with Crippen LogP contribution in [0.25, 0.3) is 0 Å². The number of carbonyl (C=O) groups is 2. The molecule has 1 N–H and O–H groups in total. The Hall–Kier alpha value is -2.54. The second-order valence-electron chi connectivity index (χ2n) is 7.99. The lowest BCUT2D eigenvalue weighted by atomic mass is 9.81. The Morgan fingerprint density at radius 1 is 1.13 bits per heavy atom. The zero-order valence-corrected chi connectivity index (χ0v) is 18.5. The number of hydrogen-bond donors (Lipinski definition) is 1. The Kier molecular flexibility index (Phi) is 5.99. The summed E-state index contributed by atoms with van der Waals surface area (Å²) in [4.78, 5) is 29.6. The van der Waals surface area contributed by atoms with Crippen molar-refractivity contribution in [3.8, 4) is 11.5 Å². The number of hydrogen-bond acceptors (Lipinski definition) is 5. The Morgan fingerprint density at radius 3 is 2.47 bits per heavy atom. The molecular formula is C23H28N2O4S. The number of nitrogens with zero attached hydrogens (tertiary/aromatic N) is 1. The van der Waals surface area contributed by atoms with Crippen LogP contribution in [0.5, 0.6) is 11.5 Å². The van der Waals surface area contributed by atoms with E-state index in [1.165, 1.54) is 6.42 Å². The van der Waals surface area contributed by atoms with Crippen molar-refractivity contribution >= 4 is 23.2 Å². The summed E-state index contributed by atoms with van der Waals surface area (Å²) in [5.41, 5.74) is 1.19. The maximum atomic E-state index is 13.6. The molecule has 2 atom stereocenters. The second-order valence-corrected chi connectivity index (χ2v) is 8.97. The number of carbonyl (C=O) groups excluding carboxylic acids is 2. The Bertz CT molecular complexity index is 922. The number of methoxy groups -OCH3 is 2. The van der Waals surface area contributed by atoms with Crippen molar-refractivity contribution in [1.29, 1.82) is 0 Å². The van der Waals surface area contributed by atoms with Crippen LogP contribution in [0, 0.1) is 0 Å². The average Bonchev–Trinajstić information content (AvgIpc) is 3.30. The van der Waals surface area contributed by atoms with Crippen molar-refractivity contribution in [1.82, 2.24) is 10.2 Å². The first-order valence-electron chi connectivity index (χ1n) is 10.4. The summed E-state index contributed by atoms with van der Waals surface area (Å²) >= 11 is 1.56. The van der Waals surface area contributed by atoms with Gasteiger partial charge in [-0.25, -0.2) is 0 Å². The minimum atomic E-state index is -0.511. The molecule has 7 heteroatoms. The van der Waals surface area contributed by atoms with Gasteiger partial charge in [0.05, 0.1) is 26.2 Å². The number of rotatable bonds is 5. The van der Waals surface area contributed by atoms with Gasteiger partial charge in [-0.2, -0.15) is 0 Å². The molecule has 0 unspecified atom stereocenters. The molecule has 1 aliphatic carbocycles. The summed E-state index contributed by atoms with van der Waals surface area (Å²) in [6, 6.07) is 7.28. The molecule has 1 saturated carbocycles. The van der Waals surface area contributed by atoms with Crippen LogP contribution in [0.3, 0.4) is 0 Å². The van der Waals surface area contributed by atoms with Crippen LogP contribution in [0.1, 0.15) is 64.9 Å². The Morgan fingerprint density at radius 2 is 1.83 bits per heavy atom. The van der Waals surface area contributed by atoms with E-state index in [1.807, 2.05) is 17.5 Å². The number of benzene rings is 1. The standard InChI is InChI=1S/C23H28N2O4S/c1-25-21(19-10-7-11-30-19)20(22(26)24-14-8-5-4-6-9-14)15-12-17(28-2)18(29-3)13-16(15)23(25)27/h7,10-14,20-21H,4-6,8-9H2,1-3H3,(H,24,26)/t20-,21-/m1/s1. The minimum absolute atomic E-state index is 0.0341. The molecule has 0 saturated heterocycles. The van der Waals surface area contributed by atoms with Gasteiger partial charge in [-0.3, -0.25) is 9.59 Å². The summed E-state index contributed by atoms with van der Waals surface area (Å²) in [6.45, 7) is 0. The number of nitrogens with one attached hydrogen (secondary N) is 1. The van der Waals surface area contributed by atoms with E-state index in [1.54, 1.807) is 49.6 Å². The highest BCUT2D eigenvalue weighted by Gasteiger charge is 2.44. The highest BCUT2D eigenvalue weighted by atomic mass is 32.1. The van der Waals surface area contributed by atoms with Gasteiger partial charge >= 0.3 is 0 Å². The molecule has 0 radical (unpaired) electrons. The van der Waals surface area contributed by atoms with Crippen molar-refractivity contribution in [3.63, 3.8) is 0 Å². The summed E-state index contributed by atoms with van der Waals surface area (Å²) in [5.74, 6) is 0.343. The van der Waals surface area contributed by atoms with Gasteiger partial charge < -0.3 is 19.7 Å². The van der Waals surface area contributed by atoms with Crippen molar-refractivity contribution in [3.05, 3.63) is 45.6 Å². The van der Waals surface area contributed by atoms with E-state index < -0.39 is 5.92 Å². The molecule has 1 aromatic carbocycles. The van der Waals surface area contributed by atoms with Crippen LogP contribution in [-0.4, -0.2) is 44.0 Å². The maximum Gasteiger partial charge on any atom is 0.254 e. The number of amides is 2. The zero-order valence-electron chi connectivity index (χ0n) is 17.6. The smallest absolute Gasteiger partial charge is 0.254 e. The number of fused-ring (bicyclic) bond motifs is 1. The van der Waals surface area contributed by atoms with Crippen molar-refractivity contribution in [2.75, 3.05) is 21.3 Å². The average molecular weight is 429 g/mol. The molecule has 0 bridgehead atoms. The molecular weight excluding hydrogens is 400 g/mol. The molecule has 30 heavy (non-hydrogen) atoms. The molecule has 160 valence electrons. The van der Waals surface area contributed by atoms with Crippen LogP contribution in [0.2, 0.25) is 0 Å². The fourth-order valence-corrected chi connectivity index (χ4v) is 5.59. The van der Waals surface area contributed by atoms with Gasteiger partial charge in [-0.15, -0.1) is 11.3 Å². The first-order chi connectivity index (χ1) is 14.5. The molecule has 2 aliphatic rings. The maximum absolute atomic E-state index is 13.6. The molecule has 0 spiro atoms. The lowest BCUT2D eigenvalue weighted by molar-refractivity contribution is -0.125. The molecule has 1 fully saturated rings. The second kappa shape index (κ2) is 8.68. The monoisotopic (exact) mass is 428 g/mol. The van der Waals surface area contributed by atoms with Gasteiger partial charge in [-0.1, -0.05) is 25.3 Å². The predicted molar refractivity (Wildman–Crippen MR) is 116 cm³/mol.